The van der Waals surface area contributed by atoms with Gasteiger partial charge in [0.25, 0.3) is 5.69 Å². The van der Waals surface area contributed by atoms with Crippen molar-refractivity contribution >= 4 is 17.3 Å². The van der Waals surface area contributed by atoms with E-state index in [-0.39, 0.29) is 17.2 Å². The monoisotopic (exact) mass is 317 g/mol. The second kappa shape index (κ2) is 7.47. The smallest absolute Gasteiger partial charge is 0.277 e. The number of hydrogen-bond donors (Lipinski definition) is 0. The third-order valence-electron chi connectivity index (χ3n) is 3.22. The summed E-state index contributed by atoms with van der Waals surface area (Å²) in [5.41, 5.74) is -0.00945. The van der Waals surface area contributed by atoms with Crippen LogP contribution in [0.15, 0.2) is 12.1 Å². The summed E-state index contributed by atoms with van der Waals surface area (Å²) in [5.74, 6) is 0.778. The quantitative estimate of drug-likeness (QED) is 0.416. The third kappa shape index (κ3) is 4.75. The number of nitrogens with zero attached hydrogens (tertiary/aromatic N) is 1. The van der Waals surface area contributed by atoms with Gasteiger partial charge in [0.05, 0.1) is 36.2 Å². The lowest BCUT2D eigenvalue weighted by molar-refractivity contribution is -0.385. The highest BCUT2D eigenvalue weighted by Gasteiger charge is 2.21. The van der Waals surface area contributed by atoms with Crippen LogP contribution in [0.25, 0.3) is 0 Å². The Balaban J connectivity index is 2.95. The molecule has 0 amide bonds. The fourth-order valence-corrected chi connectivity index (χ4v) is 1.86. The number of rotatable bonds is 8. The maximum atomic E-state index is 11.0. The van der Waals surface area contributed by atoms with Gasteiger partial charge >= 0.3 is 0 Å². The van der Waals surface area contributed by atoms with Gasteiger partial charge in [0.15, 0.2) is 11.5 Å². The van der Waals surface area contributed by atoms with Crippen molar-refractivity contribution in [2.75, 3.05) is 20.8 Å². The number of halogens is 1. The zero-order valence-electron chi connectivity index (χ0n) is 12.6. The second-order valence-electron chi connectivity index (χ2n) is 5.08. The maximum absolute atomic E-state index is 11.0. The molecule has 7 heteroatoms. The van der Waals surface area contributed by atoms with E-state index in [1.165, 1.54) is 19.2 Å². The van der Waals surface area contributed by atoms with Crippen LogP contribution in [0.2, 0.25) is 0 Å². The minimum Gasteiger partial charge on any atom is -0.493 e. The van der Waals surface area contributed by atoms with Crippen molar-refractivity contribution in [2.24, 2.45) is 0 Å². The average molecular weight is 318 g/mol. The molecule has 21 heavy (non-hydrogen) atoms. The Labute approximate surface area is 129 Å². The number of methoxy groups -OCH3 is 2. The predicted octanol–water partition coefficient (Wildman–Crippen LogP) is 3.54. The highest BCUT2D eigenvalue weighted by molar-refractivity contribution is 6.17. The van der Waals surface area contributed by atoms with Crippen molar-refractivity contribution in [1.29, 1.82) is 0 Å². The number of nitro benzene ring substituents is 1. The van der Waals surface area contributed by atoms with Crippen LogP contribution in [0.5, 0.6) is 11.5 Å². The number of hydrogen-bond acceptors (Lipinski definition) is 5. The lowest BCUT2D eigenvalue weighted by atomic mass is 10.1. The predicted molar refractivity (Wildman–Crippen MR) is 80.4 cm³/mol. The first-order valence-electron chi connectivity index (χ1n) is 6.44. The molecule has 0 saturated heterocycles. The first kappa shape index (κ1) is 17.5. The van der Waals surface area contributed by atoms with Crippen LogP contribution >= 0.6 is 11.6 Å². The summed E-state index contributed by atoms with van der Waals surface area (Å²) < 4.78 is 16.1. The van der Waals surface area contributed by atoms with Crippen molar-refractivity contribution in [3.8, 4) is 11.5 Å². The topological polar surface area (TPSA) is 70.8 Å². The molecule has 1 aromatic carbocycles. The summed E-state index contributed by atoms with van der Waals surface area (Å²) in [4.78, 5) is 10.6. The molecular weight excluding hydrogens is 298 g/mol. The summed E-state index contributed by atoms with van der Waals surface area (Å²) >= 11 is 5.72. The minimum atomic E-state index is -0.483. The molecule has 0 atom stereocenters. The van der Waals surface area contributed by atoms with Crippen molar-refractivity contribution in [3.05, 3.63) is 27.8 Å². The van der Waals surface area contributed by atoms with Gasteiger partial charge in [-0.15, -0.1) is 11.6 Å². The number of nitro groups is 1. The lowest BCUT2D eigenvalue weighted by Gasteiger charge is -2.23. The SMILES string of the molecule is COc1cc(CCl)c([N+](=O)[O-])cc1OCCC(C)(C)OC. The van der Waals surface area contributed by atoms with Crippen LogP contribution in [0, 0.1) is 10.1 Å². The molecule has 0 N–H and O–H groups in total. The molecule has 0 aliphatic rings. The van der Waals surface area contributed by atoms with E-state index in [9.17, 15) is 10.1 Å². The van der Waals surface area contributed by atoms with Gasteiger partial charge in [-0.2, -0.15) is 0 Å². The Bertz CT molecular complexity index is 504. The van der Waals surface area contributed by atoms with Crippen LogP contribution in [0.3, 0.4) is 0 Å². The molecule has 0 aliphatic heterocycles. The first-order chi connectivity index (χ1) is 9.84. The summed E-state index contributed by atoms with van der Waals surface area (Å²) in [6, 6.07) is 2.87. The highest BCUT2D eigenvalue weighted by atomic mass is 35.5. The Kier molecular flexibility index (Phi) is 6.23. The Morgan fingerprint density at radius 2 is 1.95 bits per heavy atom. The van der Waals surface area contributed by atoms with E-state index in [0.717, 1.165) is 0 Å². The Hall–Kier alpha value is -1.53. The molecular formula is C14H20ClNO5. The molecule has 0 aliphatic carbocycles. The van der Waals surface area contributed by atoms with Crippen molar-refractivity contribution < 1.29 is 19.1 Å². The summed E-state index contributed by atoms with van der Waals surface area (Å²) in [7, 11) is 3.10. The van der Waals surface area contributed by atoms with E-state index in [1.54, 1.807) is 7.11 Å². The second-order valence-corrected chi connectivity index (χ2v) is 5.35. The van der Waals surface area contributed by atoms with Gasteiger partial charge < -0.3 is 14.2 Å². The molecule has 118 valence electrons. The molecule has 0 radical (unpaired) electrons. The van der Waals surface area contributed by atoms with Gasteiger partial charge in [0.2, 0.25) is 0 Å². The van der Waals surface area contributed by atoms with Crippen LogP contribution in [-0.2, 0) is 10.6 Å². The van der Waals surface area contributed by atoms with Gasteiger partial charge in [-0.1, -0.05) is 0 Å². The van der Waals surface area contributed by atoms with Gasteiger partial charge in [-0.3, -0.25) is 10.1 Å². The van der Waals surface area contributed by atoms with Crippen molar-refractivity contribution in [3.63, 3.8) is 0 Å². The van der Waals surface area contributed by atoms with E-state index < -0.39 is 4.92 Å². The molecule has 0 unspecified atom stereocenters. The molecule has 0 bridgehead atoms. The first-order valence-corrected chi connectivity index (χ1v) is 6.97. The van der Waals surface area contributed by atoms with E-state index >= 15 is 0 Å². The fraction of sp³-hybridized carbons (Fsp3) is 0.571. The fourth-order valence-electron chi connectivity index (χ4n) is 1.65. The molecule has 0 heterocycles. The molecule has 0 saturated carbocycles. The van der Waals surface area contributed by atoms with Gasteiger partial charge in [0, 0.05) is 19.1 Å². The van der Waals surface area contributed by atoms with Crippen molar-refractivity contribution in [2.45, 2.75) is 31.7 Å². The van der Waals surface area contributed by atoms with E-state index in [4.69, 9.17) is 25.8 Å². The van der Waals surface area contributed by atoms with Gasteiger partial charge in [-0.25, -0.2) is 0 Å². The van der Waals surface area contributed by atoms with E-state index in [2.05, 4.69) is 0 Å². The van der Waals surface area contributed by atoms with Crippen LogP contribution in [-0.4, -0.2) is 31.4 Å². The zero-order valence-corrected chi connectivity index (χ0v) is 13.4. The van der Waals surface area contributed by atoms with Crippen LogP contribution < -0.4 is 9.47 Å². The molecule has 1 rings (SSSR count). The maximum Gasteiger partial charge on any atom is 0.277 e. The standard InChI is InChI=1S/C14H20ClNO5/c1-14(2,20-4)5-6-21-13-8-11(16(17)18)10(9-15)7-12(13)19-3/h7-8H,5-6,9H2,1-4H3. The van der Waals surface area contributed by atoms with E-state index in [0.29, 0.717) is 30.1 Å². The Morgan fingerprint density at radius 3 is 2.43 bits per heavy atom. The van der Waals surface area contributed by atoms with Gasteiger partial charge in [-0.05, 0) is 19.9 Å². The average Bonchev–Trinajstić information content (AvgIpc) is 2.46. The Morgan fingerprint density at radius 1 is 1.29 bits per heavy atom. The summed E-state index contributed by atoms with van der Waals surface area (Å²) in [6.45, 7) is 4.23. The van der Waals surface area contributed by atoms with Crippen molar-refractivity contribution in [1.82, 2.24) is 0 Å². The molecule has 0 spiro atoms. The number of ether oxygens (including phenoxy) is 3. The zero-order chi connectivity index (χ0) is 16.0. The largest absolute Gasteiger partial charge is 0.493 e. The molecule has 0 aromatic heterocycles. The van der Waals surface area contributed by atoms with Crippen LogP contribution in [0.1, 0.15) is 25.8 Å². The third-order valence-corrected chi connectivity index (χ3v) is 3.51. The highest BCUT2D eigenvalue weighted by Crippen LogP contribution is 2.35. The minimum absolute atomic E-state index is 0.0314. The molecule has 1 aromatic rings. The molecule has 0 fully saturated rings. The van der Waals surface area contributed by atoms with Crippen LogP contribution in [0.4, 0.5) is 5.69 Å². The molecule has 6 nitrogen and oxygen atoms in total. The lowest BCUT2D eigenvalue weighted by Crippen LogP contribution is -2.25. The normalized spacial score (nSPS) is 11.3. The summed E-state index contributed by atoms with van der Waals surface area (Å²) in [6.07, 6.45) is 0.637. The number of benzene rings is 1. The summed E-state index contributed by atoms with van der Waals surface area (Å²) in [5, 5.41) is 11.0. The van der Waals surface area contributed by atoms with E-state index in [1.807, 2.05) is 13.8 Å². The van der Waals surface area contributed by atoms with Gasteiger partial charge in [0.1, 0.15) is 0 Å². The number of alkyl halides is 1.